The lowest BCUT2D eigenvalue weighted by molar-refractivity contribution is -0.119. The minimum absolute atomic E-state index is 0.0535. The third-order valence-corrected chi connectivity index (χ3v) is 4.07. The van der Waals surface area contributed by atoms with Crippen molar-refractivity contribution in [2.24, 2.45) is 0 Å². The maximum Gasteiger partial charge on any atom is 0.338 e. The molecule has 0 saturated heterocycles. The van der Waals surface area contributed by atoms with Crippen LogP contribution in [-0.2, 0) is 9.53 Å². The lowest BCUT2D eigenvalue weighted by Gasteiger charge is -2.09. The Bertz CT molecular complexity index is 988. The number of halogens is 1. The van der Waals surface area contributed by atoms with Crippen molar-refractivity contribution in [3.63, 3.8) is 0 Å². The molecular formula is C19H14ClN3O5. The van der Waals surface area contributed by atoms with Crippen LogP contribution >= 0.6 is 11.6 Å². The van der Waals surface area contributed by atoms with Crippen molar-refractivity contribution in [2.75, 3.05) is 18.5 Å². The summed E-state index contributed by atoms with van der Waals surface area (Å²) in [6.07, 6.45) is 2.80. The Hall–Kier alpha value is -3.52. The standard InChI is InChI=1S/C19H14ClN3O5/c1-2-7-23-17(25)13-5-3-11(8-14(13)18(23)26)19(27)28-10-16(24)22-15-6-4-12(20)9-21-15/h2-6,8-9H,1,7,10H2,(H,21,22,24). The fraction of sp³-hybridized carbons (Fsp3) is 0.105. The second kappa shape index (κ2) is 8.01. The maximum atomic E-state index is 12.3. The summed E-state index contributed by atoms with van der Waals surface area (Å²) < 4.78 is 4.95. The average Bonchev–Trinajstić information content (AvgIpc) is 2.92. The van der Waals surface area contributed by atoms with Crippen molar-refractivity contribution >= 4 is 41.1 Å². The van der Waals surface area contributed by atoms with Crippen molar-refractivity contribution in [2.45, 2.75) is 0 Å². The molecule has 28 heavy (non-hydrogen) atoms. The van der Waals surface area contributed by atoms with Gasteiger partial charge in [-0.25, -0.2) is 9.78 Å². The van der Waals surface area contributed by atoms with E-state index < -0.39 is 30.3 Å². The number of ether oxygens (including phenoxy) is 1. The van der Waals surface area contributed by atoms with Gasteiger partial charge in [0.05, 0.1) is 21.7 Å². The van der Waals surface area contributed by atoms with Crippen molar-refractivity contribution in [3.8, 4) is 0 Å². The third-order valence-electron chi connectivity index (χ3n) is 3.85. The number of nitrogens with one attached hydrogen (secondary N) is 1. The predicted molar refractivity (Wildman–Crippen MR) is 100 cm³/mol. The molecule has 3 rings (SSSR count). The van der Waals surface area contributed by atoms with Gasteiger partial charge in [-0.15, -0.1) is 6.58 Å². The summed E-state index contributed by atoms with van der Waals surface area (Å²) in [6.45, 7) is 3.04. The van der Waals surface area contributed by atoms with Gasteiger partial charge in [-0.2, -0.15) is 0 Å². The van der Waals surface area contributed by atoms with E-state index in [0.717, 1.165) is 4.90 Å². The molecule has 3 amide bonds. The molecular weight excluding hydrogens is 386 g/mol. The Balaban J connectivity index is 1.63. The summed E-state index contributed by atoms with van der Waals surface area (Å²) in [7, 11) is 0. The SMILES string of the molecule is C=CCN1C(=O)c2ccc(C(=O)OCC(=O)Nc3ccc(Cl)cn3)cc2C1=O. The van der Waals surface area contributed by atoms with E-state index in [9.17, 15) is 19.2 Å². The molecule has 142 valence electrons. The van der Waals surface area contributed by atoms with Gasteiger partial charge in [-0.3, -0.25) is 19.3 Å². The van der Waals surface area contributed by atoms with Crippen LogP contribution < -0.4 is 5.32 Å². The van der Waals surface area contributed by atoms with Gasteiger partial charge >= 0.3 is 5.97 Å². The van der Waals surface area contributed by atoms with Crippen LogP contribution in [0.2, 0.25) is 5.02 Å². The Labute approximate surface area is 164 Å². The molecule has 0 aliphatic carbocycles. The number of imide groups is 1. The van der Waals surface area contributed by atoms with Gasteiger partial charge in [-0.05, 0) is 30.3 Å². The van der Waals surface area contributed by atoms with E-state index in [0.29, 0.717) is 5.02 Å². The highest BCUT2D eigenvalue weighted by Gasteiger charge is 2.35. The average molecular weight is 400 g/mol. The van der Waals surface area contributed by atoms with Gasteiger partial charge in [-0.1, -0.05) is 17.7 Å². The maximum absolute atomic E-state index is 12.3. The second-order valence-corrected chi connectivity index (χ2v) is 6.19. The topological polar surface area (TPSA) is 106 Å². The van der Waals surface area contributed by atoms with Crippen LogP contribution in [-0.4, -0.2) is 46.7 Å². The molecule has 0 unspecified atom stereocenters. The van der Waals surface area contributed by atoms with Crippen molar-refractivity contribution in [1.82, 2.24) is 9.88 Å². The summed E-state index contributed by atoms with van der Waals surface area (Å²) in [6, 6.07) is 7.07. The fourth-order valence-corrected chi connectivity index (χ4v) is 2.67. The first-order chi connectivity index (χ1) is 13.4. The van der Waals surface area contributed by atoms with Gasteiger partial charge in [0.1, 0.15) is 5.82 Å². The van der Waals surface area contributed by atoms with E-state index in [1.165, 1.54) is 36.5 Å². The number of nitrogens with zero attached hydrogens (tertiary/aromatic N) is 2. The molecule has 1 aromatic heterocycles. The molecule has 0 radical (unpaired) electrons. The highest BCUT2D eigenvalue weighted by atomic mass is 35.5. The zero-order valence-electron chi connectivity index (χ0n) is 14.5. The van der Waals surface area contributed by atoms with E-state index in [-0.39, 0.29) is 29.1 Å². The lowest BCUT2D eigenvalue weighted by atomic mass is 10.1. The number of hydrogen-bond acceptors (Lipinski definition) is 6. The molecule has 9 heteroatoms. The number of benzene rings is 1. The number of aromatic nitrogens is 1. The van der Waals surface area contributed by atoms with Crippen LogP contribution in [0.4, 0.5) is 5.82 Å². The van der Waals surface area contributed by atoms with Crippen molar-refractivity contribution < 1.29 is 23.9 Å². The number of carbonyl (C=O) groups is 4. The minimum atomic E-state index is -0.801. The zero-order chi connectivity index (χ0) is 20.3. The normalized spacial score (nSPS) is 12.5. The minimum Gasteiger partial charge on any atom is -0.452 e. The molecule has 8 nitrogen and oxygen atoms in total. The summed E-state index contributed by atoms with van der Waals surface area (Å²) in [5.41, 5.74) is 0.365. The van der Waals surface area contributed by atoms with E-state index in [1.54, 1.807) is 6.07 Å². The molecule has 0 saturated carbocycles. The van der Waals surface area contributed by atoms with E-state index >= 15 is 0 Å². The van der Waals surface area contributed by atoms with Gasteiger partial charge in [0, 0.05) is 12.7 Å². The first kappa shape index (κ1) is 19.2. The molecule has 1 N–H and O–H groups in total. The van der Waals surface area contributed by atoms with Crippen LogP contribution in [0, 0.1) is 0 Å². The highest BCUT2D eigenvalue weighted by molar-refractivity contribution is 6.30. The molecule has 2 heterocycles. The molecule has 1 aliphatic heterocycles. The number of anilines is 1. The van der Waals surface area contributed by atoms with Crippen molar-refractivity contribution in [1.29, 1.82) is 0 Å². The second-order valence-electron chi connectivity index (χ2n) is 5.76. The summed E-state index contributed by atoms with van der Waals surface area (Å²) >= 11 is 5.71. The Kier molecular flexibility index (Phi) is 5.51. The fourth-order valence-electron chi connectivity index (χ4n) is 2.56. The van der Waals surface area contributed by atoms with Crippen LogP contribution in [0.5, 0.6) is 0 Å². The molecule has 0 bridgehead atoms. The molecule has 0 atom stereocenters. The molecule has 0 fully saturated rings. The number of rotatable bonds is 6. The van der Waals surface area contributed by atoms with E-state index in [4.69, 9.17) is 16.3 Å². The molecule has 0 spiro atoms. The van der Waals surface area contributed by atoms with Crippen LogP contribution in [0.3, 0.4) is 0 Å². The number of pyridine rings is 1. The molecule has 1 aliphatic rings. The van der Waals surface area contributed by atoms with Crippen LogP contribution in [0.15, 0.2) is 49.2 Å². The smallest absolute Gasteiger partial charge is 0.338 e. The Morgan fingerprint density at radius 1 is 1.18 bits per heavy atom. The zero-order valence-corrected chi connectivity index (χ0v) is 15.2. The van der Waals surface area contributed by atoms with Gasteiger partial charge in [0.2, 0.25) is 0 Å². The van der Waals surface area contributed by atoms with E-state index in [2.05, 4.69) is 16.9 Å². The van der Waals surface area contributed by atoms with E-state index in [1.807, 2.05) is 0 Å². The Morgan fingerprint density at radius 2 is 1.93 bits per heavy atom. The quantitative estimate of drug-likeness (QED) is 0.454. The monoisotopic (exact) mass is 399 g/mol. The van der Waals surface area contributed by atoms with Crippen molar-refractivity contribution in [3.05, 3.63) is 70.9 Å². The van der Waals surface area contributed by atoms with Gasteiger partial charge < -0.3 is 10.1 Å². The largest absolute Gasteiger partial charge is 0.452 e. The van der Waals surface area contributed by atoms with Gasteiger partial charge in [0.25, 0.3) is 17.7 Å². The Morgan fingerprint density at radius 3 is 2.61 bits per heavy atom. The number of carbonyl (C=O) groups excluding carboxylic acids is 4. The van der Waals surface area contributed by atoms with Gasteiger partial charge in [0.15, 0.2) is 6.61 Å². The van der Waals surface area contributed by atoms with Crippen LogP contribution in [0.1, 0.15) is 31.1 Å². The van der Waals surface area contributed by atoms with Crippen LogP contribution in [0.25, 0.3) is 0 Å². The molecule has 2 aromatic rings. The predicted octanol–water partition coefficient (Wildman–Crippen LogP) is 2.31. The number of hydrogen-bond donors (Lipinski definition) is 1. The summed E-state index contributed by atoms with van der Waals surface area (Å²) in [5.74, 6) is -2.10. The first-order valence-electron chi connectivity index (χ1n) is 8.10. The number of amides is 3. The highest BCUT2D eigenvalue weighted by Crippen LogP contribution is 2.24. The first-order valence-corrected chi connectivity index (χ1v) is 8.48. The molecule has 1 aromatic carbocycles. The lowest BCUT2D eigenvalue weighted by Crippen LogP contribution is -2.29. The number of esters is 1. The summed E-state index contributed by atoms with van der Waals surface area (Å²) in [4.78, 5) is 53.4. The number of fused-ring (bicyclic) bond motifs is 1. The third kappa shape index (κ3) is 3.91. The summed E-state index contributed by atoms with van der Waals surface area (Å²) in [5, 5.41) is 2.87.